The third kappa shape index (κ3) is 5.70. The van der Waals surface area contributed by atoms with Crippen LogP contribution in [0.4, 0.5) is 10.5 Å². The van der Waals surface area contributed by atoms with E-state index in [4.69, 9.17) is 9.84 Å². The average Bonchev–Trinajstić information content (AvgIpc) is 2.61. The van der Waals surface area contributed by atoms with Gasteiger partial charge in [0.2, 0.25) is 0 Å². The molecule has 1 saturated carbocycles. The number of hydrogen-bond donors (Lipinski definition) is 3. The summed E-state index contributed by atoms with van der Waals surface area (Å²) in [5.74, 6) is -1.22. The molecular weight excluding hydrogens is 360 g/mol. The van der Waals surface area contributed by atoms with E-state index < -0.39 is 21.8 Å². The fourth-order valence-electron chi connectivity index (χ4n) is 2.89. The topological polar surface area (TPSA) is 122 Å². The number of aliphatic carboxylic acids is 1. The molecular formula is C17H24N2O6S. The molecule has 0 aliphatic heterocycles. The second kappa shape index (κ2) is 9.00. The van der Waals surface area contributed by atoms with E-state index in [9.17, 15) is 18.0 Å². The summed E-state index contributed by atoms with van der Waals surface area (Å²) in [7, 11) is -1.96. The van der Waals surface area contributed by atoms with Crippen LogP contribution in [0.25, 0.3) is 0 Å². The highest BCUT2D eigenvalue weighted by Crippen LogP contribution is 2.24. The van der Waals surface area contributed by atoms with Crippen LogP contribution in [0.3, 0.4) is 0 Å². The Labute approximate surface area is 152 Å². The summed E-state index contributed by atoms with van der Waals surface area (Å²) in [5.41, 5.74) is 0.479. The van der Waals surface area contributed by atoms with Crippen molar-refractivity contribution in [1.29, 1.82) is 0 Å². The van der Waals surface area contributed by atoms with Crippen molar-refractivity contribution in [2.24, 2.45) is 5.92 Å². The van der Waals surface area contributed by atoms with Crippen molar-refractivity contribution in [3.05, 3.63) is 24.3 Å². The number of benzene rings is 1. The van der Waals surface area contributed by atoms with E-state index in [1.165, 1.54) is 31.4 Å². The molecule has 2 rings (SSSR count). The number of amides is 2. The molecule has 1 aromatic carbocycles. The van der Waals surface area contributed by atoms with Crippen LogP contribution in [0.15, 0.2) is 29.2 Å². The van der Waals surface area contributed by atoms with Crippen LogP contribution in [-0.4, -0.2) is 51.0 Å². The van der Waals surface area contributed by atoms with Crippen molar-refractivity contribution in [1.82, 2.24) is 5.32 Å². The molecule has 9 heteroatoms. The number of carboxylic acid groups (broad SMARTS) is 1. The van der Waals surface area contributed by atoms with Gasteiger partial charge < -0.3 is 20.5 Å². The number of rotatable bonds is 7. The van der Waals surface area contributed by atoms with Gasteiger partial charge in [-0.2, -0.15) is 0 Å². The van der Waals surface area contributed by atoms with Crippen LogP contribution in [0.2, 0.25) is 0 Å². The number of hydrogen-bond acceptors (Lipinski definition) is 5. The van der Waals surface area contributed by atoms with E-state index in [0.29, 0.717) is 31.4 Å². The fourth-order valence-corrected chi connectivity index (χ4v) is 4.07. The molecule has 26 heavy (non-hydrogen) atoms. The van der Waals surface area contributed by atoms with E-state index in [2.05, 4.69) is 10.6 Å². The lowest BCUT2D eigenvalue weighted by Gasteiger charge is -2.26. The van der Waals surface area contributed by atoms with Crippen molar-refractivity contribution in [2.75, 3.05) is 24.8 Å². The number of anilines is 1. The smallest absolute Gasteiger partial charge is 0.319 e. The maximum absolute atomic E-state index is 12.0. The first-order valence-electron chi connectivity index (χ1n) is 8.44. The summed E-state index contributed by atoms with van der Waals surface area (Å²) in [6.45, 7) is 0.120. The largest absolute Gasteiger partial charge is 0.481 e. The Morgan fingerprint density at radius 3 is 2.31 bits per heavy atom. The summed E-state index contributed by atoms with van der Waals surface area (Å²) in [6.07, 6.45) is 2.35. The van der Waals surface area contributed by atoms with Crippen LogP contribution in [-0.2, 0) is 19.4 Å². The number of methoxy groups -OCH3 is 1. The second-order valence-electron chi connectivity index (χ2n) is 6.32. The molecule has 3 N–H and O–H groups in total. The lowest BCUT2D eigenvalue weighted by atomic mass is 9.86. The summed E-state index contributed by atoms with van der Waals surface area (Å²) >= 11 is 0. The predicted molar refractivity (Wildman–Crippen MR) is 95.9 cm³/mol. The molecule has 2 amide bonds. The minimum absolute atomic E-state index is 0.0562. The third-order valence-corrected chi connectivity index (χ3v) is 6.13. The van der Waals surface area contributed by atoms with Crippen LogP contribution in [0, 0.1) is 5.92 Å². The molecule has 1 aromatic rings. The molecule has 1 aliphatic carbocycles. The SMILES string of the molecule is COCCS(=O)(=O)c1ccc(NC(=O)NC2CCC(C(=O)O)CC2)cc1. The molecule has 1 fully saturated rings. The van der Waals surface area contributed by atoms with Crippen molar-refractivity contribution in [3.8, 4) is 0 Å². The number of nitrogens with one attached hydrogen (secondary N) is 2. The molecule has 0 aromatic heterocycles. The van der Waals surface area contributed by atoms with Crippen molar-refractivity contribution in [2.45, 2.75) is 36.6 Å². The van der Waals surface area contributed by atoms with E-state index in [1.807, 2.05) is 0 Å². The normalized spacial score (nSPS) is 20.3. The quantitative estimate of drug-likeness (QED) is 0.660. The van der Waals surface area contributed by atoms with Crippen LogP contribution in [0.1, 0.15) is 25.7 Å². The Balaban J connectivity index is 1.85. The number of urea groups is 1. The zero-order valence-corrected chi connectivity index (χ0v) is 15.4. The molecule has 0 bridgehead atoms. The van der Waals surface area contributed by atoms with E-state index in [-0.39, 0.29) is 29.2 Å². The van der Waals surface area contributed by atoms with Gasteiger partial charge in [-0.05, 0) is 49.9 Å². The Hall–Kier alpha value is -2.13. The van der Waals surface area contributed by atoms with Gasteiger partial charge in [-0.15, -0.1) is 0 Å². The van der Waals surface area contributed by atoms with Gasteiger partial charge in [0, 0.05) is 18.8 Å². The van der Waals surface area contributed by atoms with Gasteiger partial charge in [-0.25, -0.2) is 13.2 Å². The Bertz CT molecular complexity index is 724. The van der Waals surface area contributed by atoms with Gasteiger partial charge in [0.05, 0.1) is 23.2 Å². The number of ether oxygens (including phenoxy) is 1. The predicted octanol–water partition coefficient (Wildman–Crippen LogP) is 1.87. The molecule has 8 nitrogen and oxygen atoms in total. The molecule has 144 valence electrons. The maximum atomic E-state index is 12.0. The standard InChI is InChI=1S/C17H24N2O6S/c1-25-10-11-26(23,24)15-8-6-14(7-9-15)19-17(22)18-13-4-2-12(3-5-13)16(20)21/h6-9,12-13H,2-5,10-11H2,1H3,(H,20,21)(H2,18,19,22). The highest BCUT2D eigenvalue weighted by molar-refractivity contribution is 7.91. The number of carbonyl (C=O) groups excluding carboxylic acids is 1. The van der Waals surface area contributed by atoms with E-state index >= 15 is 0 Å². The first-order chi connectivity index (χ1) is 12.3. The Morgan fingerprint density at radius 1 is 1.15 bits per heavy atom. The molecule has 1 aliphatic rings. The van der Waals surface area contributed by atoms with E-state index in [1.54, 1.807) is 0 Å². The minimum atomic E-state index is -3.40. The van der Waals surface area contributed by atoms with Crippen LogP contribution >= 0.6 is 0 Å². The maximum Gasteiger partial charge on any atom is 0.319 e. The van der Waals surface area contributed by atoms with Crippen molar-refractivity contribution >= 4 is 27.5 Å². The van der Waals surface area contributed by atoms with E-state index in [0.717, 1.165) is 0 Å². The highest BCUT2D eigenvalue weighted by Gasteiger charge is 2.26. The summed E-state index contributed by atoms with van der Waals surface area (Å²) in [6, 6.07) is 5.50. The average molecular weight is 384 g/mol. The van der Waals surface area contributed by atoms with Gasteiger partial charge in [-0.3, -0.25) is 4.79 Å². The van der Waals surface area contributed by atoms with Gasteiger partial charge in [-0.1, -0.05) is 0 Å². The number of carbonyl (C=O) groups is 2. The Kier molecular flexibility index (Phi) is 6.98. The molecule has 0 saturated heterocycles. The van der Waals surface area contributed by atoms with Gasteiger partial charge in [0.15, 0.2) is 9.84 Å². The van der Waals surface area contributed by atoms with Gasteiger partial charge >= 0.3 is 12.0 Å². The minimum Gasteiger partial charge on any atom is -0.481 e. The zero-order valence-electron chi connectivity index (χ0n) is 14.6. The summed E-state index contributed by atoms with van der Waals surface area (Å²) < 4.78 is 28.9. The zero-order chi connectivity index (χ0) is 19.2. The lowest BCUT2D eigenvalue weighted by Crippen LogP contribution is -2.40. The molecule has 0 heterocycles. The van der Waals surface area contributed by atoms with Gasteiger partial charge in [0.1, 0.15) is 0 Å². The number of sulfone groups is 1. The summed E-state index contributed by atoms with van der Waals surface area (Å²) in [4.78, 5) is 23.2. The second-order valence-corrected chi connectivity index (χ2v) is 8.43. The Morgan fingerprint density at radius 2 is 1.77 bits per heavy atom. The first kappa shape index (κ1) is 20.2. The lowest BCUT2D eigenvalue weighted by molar-refractivity contribution is -0.142. The molecule has 0 radical (unpaired) electrons. The third-order valence-electron chi connectivity index (χ3n) is 4.44. The fraction of sp³-hybridized carbons (Fsp3) is 0.529. The van der Waals surface area contributed by atoms with Crippen molar-refractivity contribution < 1.29 is 27.9 Å². The first-order valence-corrected chi connectivity index (χ1v) is 10.1. The molecule has 0 spiro atoms. The van der Waals surface area contributed by atoms with Crippen molar-refractivity contribution in [3.63, 3.8) is 0 Å². The van der Waals surface area contributed by atoms with Gasteiger partial charge in [0.25, 0.3) is 0 Å². The summed E-state index contributed by atoms with van der Waals surface area (Å²) in [5, 5.41) is 14.5. The highest BCUT2D eigenvalue weighted by atomic mass is 32.2. The van der Waals surface area contributed by atoms with Crippen LogP contribution in [0.5, 0.6) is 0 Å². The number of carboxylic acids is 1. The molecule has 0 unspecified atom stereocenters. The van der Waals surface area contributed by atoms with Crippen LogP contribution < -0.4 is 10.6 Å². The monoisotopic (exact) mass is 384 g/mol. The molecule has 0 atom stereocenters.